The first kappa shape index (κ1) is 52.5. The molecule has 0 saturated heterocycles. The lowest BCUT2D eigenvalue weighted by Gasteiger charge is -2.35. The van der Waals surface area contributed by atoms with Crippen molar-refractivity contribution in [2.24, 2.45) is 0 Å². The molecular formula is C56H69ClN4O8. The van der Waals surface area contributed by atoms with Crippen LogP contribution in [-0.2, 0) is 14.3 Å². The highest BCUT2D eigenvalue weighted by atomic mass is 35.5. The fraction of sp³-hybridized carbons (Fsp3) is 0.464. The average Bonchev–Trinajstić information content (AvgIpc) is 3.33. The maximum absolute atomic E-state index is 13.5. The van der Waals surface area contributed by atoms with Gasteiger partial charge in [0.1, 0.15) is 0 Å². The van der Waals surface area contributed by atoms with Crippen LogP contribution in [0.1, 0.15) is 170 Å². The van der Waals surface area contributed by atoms with Crippen LogP contribution in [0.15, 0.2) is 86.0 Å². The van der Waals surface area contributed by atoms with Crippen molar-refractivity contribution in [1.29, 1.82) is 0 Å². The molecule has 2 aliphatic carbocycles. The molecule has 12 nitrogen and oxygen atoms in total. The summed E-state index contributed by atoms with van der Waals surface area (Å²) in [5.74, 6) is -0.966. The smallest absolute Gasteiger partial charge is 0.330 e. The fourth-order valence-electron chi connectivity index (χ4n) is 10.1. The van der Waals surface area contributed by atoms with Crippen molar-refractivity contribution in [3.8, 4) is 0 Å². The maximum atomic E-state index is 13.5. The quantitative estimate of drug-likeness (QED) is 0.0305. The third-order valence-corrected chi connectivity index (χ3v) is 13.8. The number of imide groups is 2. The second-order valence-electron chi connectivity index (χ2n) is 18.3. The maximum Gasteiger partial charge on any atom is 0.330 e. The standard InChI is InChI=1S/C28H34N2O4.C25H32N2O3.C3H3ClO/c1-2-25(31)34-19-10-6-9-18-29-24-17-16-23-26-21(24)14-11-15-22(26)27(32)30(28(23)33)20-12-7-4-3-5-8-13-20;28-17-8-4-7-16-26-22-15-14-21-23-19(22)12-9-13-20(23)24(29)27(25(21)30)18-10-5-2-1-3-6-11-18;1-2-3(4)5/h2,11,14-17,20,29H,1,3-10,12-13,18-19H2;9,12-15,18,26,28H,1-8,10-11,16-17H2;2H,1H2. The lowest BCUT2D eigenvalue weighted by atomic mass is 9.89. The molecule has 3 N–H and O–H groups in total. The first-order valence-corrected chi connectivity index (χ1v) is 25.6. The molecule has 0 radical (unpaired) electrons. The van der Waals surface area contributed by atoms with E-state index >= 15 is 0 Å². The molecule has 13 heteroatoms. The van der Waals surface area contributed by atoms with Crippen molar-refractivity contribution in [2.45, 2.75) is 141 Å². The van der Waals surface area contributed by atoms with Crippen molar-refractivity contribution in [3.05, 3.63) is 108 Å². The number of carbonyl (C=O) groups excluding carboxylic acids is 6. The van der Waals surface area contributed by atoms with Gasteiger partial charge in [-0.3, -0.25) is 33.8 Å². The number of aliphatic hydroxyl groups is 1. The van der Waals surface area contributed by atoms with Gasteiger partial charge in [-0.25, -0.2) is 4.79 Å². The number of unbranched alkanes of at least 4 members (excludes halogenated alkanes) is 4. The largest absolute Gasteiger partial charge is 0.463 e. The Morgan fingerprint density at radius 3 is 1.35 bits per heavy atom. The highest BCUT2D eigenvalue weighted by Crippen LogP contribution is 2.38. The minimum absolute atomic E-state index is 0.00717. The zero-order chi connectivity index (χ0) is 49.1. The molecule has 2 fully saturated rings. The van der Waals surface area contributed by atoms with E-state index in [-0.39, 0.29) is 48.3 Å². The minimum atomic E-state index is -0.509. The van der Waals surface area contributed by atoms with Crippen LogP contribution in [0.25, 0.3) is 21.5 Å². The predicted octanol–water partition coefficient (Wildman–Crippen LogP) is 11.9. The molecule has 0 aromatic heterocycles. The molecule has 69 heavy (non-hydrogen) atoms. The Hall–Kier alpha value is -5.85. The van der Waals surface area contributed by atoms with Crippen molar-refractivity contribution in [3.63, 3.8) is 0 Å². The van der Waals surface area contributed by atoms with Gasteiger partial charge in [0.15, 0.2) is 0 Å². The van der Waals surface area contributed by atoms with Gasteiger partial charge < -0.3 is 20.5 Å². The van der Waals surface area contributed by atoms with Crippen LogP contribution in [0.3, 0.4) is 0 Å². The molecule has 0 bridgehead atoms. The molecule has 2 heterocycles. The van der Waals surface area contributed by atoms with E-state index in [0.29, 0.717) is 28.9 Å². The van der Waals surface area contributed by atoms with Crippen LogP contribution in [0, 0.1) is 0 Å². The number of nitrogens with one attached hydrogen (secondary N) is 2. The Kier molecular flexibility index (Phi) is 20.4. The van der Waals surface area contributed by atoms with Gasteiger partial charge in [0.2, 0.25) is 5.24 Å². The molecular weight excluding hydrogens is 892 g/mol. The number of hydrogen-bond donors (Lipinski definition) is 3. The lowest BCUT2D eigenvalue weighted by molar-refractivity contribution is -0.137. The summed E-state index contributed by atoms with van der Waals surface area (Å²) in [6, 6.07) is 19.2. The number of halogens is 1. The van der Waals surface area contributed by atoms with Crippen molar-refractivity contribution < 1.29 is 38.6 Å². The first-order valence-electron chi connectivity index (χ1n) is 25.2. The van der Waals surface area contributed by atoms with E-state index in [2.05, 4.69) is 23.8 Å². The normalized spacial score (nSPS) is 16.5. The second-order valence-corrected chi connectivity index (χ2v) is 18.7. The predicted molar refractivity (Wildman–Crippen MR) is 275 cm³/mol. The van der Waals surface area contributed by atoms with Gasteiger partial charge in [0.25, 0.3) is 23.6 Å². The summed E-state index contributed by atoms with van der Waals surface area (Å²) < 4.78 is 5.00. The Bertz CT molecular complexity index is 2430. The number of esters is 1. The van der Waals surface area contributed by atoms with E-state index < -0.39 is 5.24 Å². The lowest BCUT2D eigenvalue weighted by Crippen LogP contribution is -2.47. The number of rotatable bonds is 17. The van der Waals surface area contributed by atoms with Crippen LogP contribution >= 0.6 is 11.6 Å². The second kappa shape index (κ2) is 26.8. The molecule has 4 amide bonds. The van der Waals surface area contributed by atoms with E-state index in [9.17, 15) is 28.8 Å². The van der Waals surface area contributed by atoms with Crippen LogP contribution in [-0.4, -0.2) is 88.1 Å². The van der Waals surface area contributed by atoms with Gasteiger partial charge >= 0.3 is 5.97 Å². The summed E-state index contributed by atoms with van der Waals surface area (Å²) in [6.07, 6.45) is 22.7. The first-order chi connectivity index (χ1) is 33.6. The summed E-state index contributed by atoms with van der Waals surface area (Å²) in [4.78, 5) is 77.5. The van der Waals surface area contributed by atoms with Gasteiger partial charge in [-0.05, 0) is 118 Å². The monoisotopic (exact) mass is 960 g/mol. The zero-order valence-electron chi connectivity index (χ0n) is 40.0. The summed E-state index contributed by atoms with van der Waals surface area (Å²) in [5.41, 5.74) is 4.43. The molecule has 0 atom stereocenters. The summed E-state index contributed by atoms with van der Waals surface area (Å²) in [5, 5.41) is 18.7. The van der Waals surface area contributed by atoms with E-state index in [0.717, 1.165) is 142 Å². The topological polar surface area (TPSA) is 162 Å². The number of ether oxygens (including phenoxy) is 1. The number of hydrogen-bond acceptors (Lipinski definition) is 10. The zero-order valence-corrected chi connectivity index (χ0v) is 40.8. The molecule has 4 aliphatic rings. The van der Waals surface area contributed by atoms with Crippen LogP contribution in [0.4, 0.5) is 11.4 Å². The number of nitrogens with zero attached hydrogens (tertiary/aromatic N) is 2. The van der Waals surface area contributed by atoms with Crippen molar-refractivity contribution >= 4 is 79.4 Å². The van der Waals surface area contributed by atoms with Gasteiger partial charge in [-0.1, -0.05) is 102 Å². The Morgan fingerprint density at radius 1 is 0.565 bits per heavy atom. The van der Waals surface area contributed by atoms with Crippen molar-refractivity contribution in [1.82, 2.24) is 9.80 Å². The number of anilines is 2. The number of aliphatic hydroxyl groups excluding tert-OH is 1. The molecule has 0 spiro atoms. The minimum Gasteiger partial charge on any atom is -0.463 e. The molecule has 2 aliphatic heterocycles. The Labute approximate surface area is 411 Å². The summed E-state index contributed by atoms with van der Waals surface area (Å²) in [7, 11) is 0. The third kappa shape index (κ3) is 13.5. The van der Waals surface area contributed by atoms with Gasteiger partial charge in [0.05, 0.1) is 6.61 Å². The van der Waals surface area contributed by atoms with E-state index in [4.69, 9.17) is 21.4 Å². The number of amides is 4. The van der Waals surface area contributed by atoms with Gasteiger partial charge in [-0.15, -0.1) is 0 Å². The van der Waals surface area contributed by atoms with Crippen LogP contribution in [0.5, 0.6) is 0 Å². The number of allylic oxidation sites excluding steroid dienone is 1. The number of benzene rings is 4. The highest BCUT2D eigenvalue weighted by molar-refractivity contribution is 6.66. The number of carbonyl (C=O) groups is 6. The molecule has 8 rings (SSSR count). The fourth-order valence-corrected chi connectivity index (χ4v) is 10.1. The molecule has 4 aromatic carbocycles. The molecule has 2 saturated carbocycles. The SMILES string of the molecule is C=CC(=O)Cl.C=CC(=O)OCCCCCNc1ccc2c3c(cccc13)C(=O)N(C1CCCCCCC1)C2=O.O=C1c2cccc3c(NCCCCCO)ccc(c23)C(=O)N1C1CCCCCCC1. The van der Waals surface area contributed by atoms with Gasteiger partial charge in [0, 0.05) is 93.0 Å². The van der Waals surface area contributed by atoms with Crippen molar-refractivity contribution in [2.75, 3.05) is 36.9 Å². The summed E-state index contributed by atoms with van der Waals surface area (Å²) >= 11 is 4.71. The van der Waals surface area contributed by atoms with Crippen LogP contribution < -0.4 is 10.6 Å². The van der Waals surface area contributed by atoms with E-state index in [1.807, 2.05) is 60.7 Å². The third-order valence-electron chi connectivity index (χ3n) is 13.6. The Balaban J connectivity index is 0.000000208. The van der Waals surface area contributed by atoms with E-state index in [1.165, 1.54) is 44.6 Å². The molecule has 4 aromatic rings. The summed E-state index contributed by atoms with van der Waals surface area (Å²) in [6.45, 7) is 8.64. The average molecular weight is 962 g/mol. The van der Waals surface area contributed by atoms with Gasteiger partial charge in [-0.2, -0.15) is 0 Å². The molecule has 0 unspecified atom stereocenters. The molecule has 368 valence electrons. The Morgan fingerprint density at radius 2 is 0.957 bits per heavy atom. The highest BCUT2D eigenvalue weighted by Gasteiger charge is 2.39. The van der Waals surface area contributed by atoms with Crippen LogP contribution in [0.2, 0.25) is 0 Å². The van der Waals surface area contributed by atoms with E-state index in [1.54, 1.807) is 9.80 Å².